The second kappa shape index (κ2) is 9.65. The Morgan fingerprint density at radius 1 is 1.06 bits per heavy atom. The number of rotatable bonds is 9. The van der Waals surface area contributed by atoms with Gasteiger partial charge < -0.3 is 14.6 Å². The van der Waals surface area contributed by atoms with Gasteiger partial charge in [-0.2, -0.15) is 0 Å². The van der Waals surface area contributed by atoms with Crippen LogP contribution in [0.25, 0.3) is 21.8 Å². The van der Waals surface area contributed by atoms with Crippen LogP contribution >= 0.6 is 0 Å². The van der Waals surface area contributed by atoms with E-state index in [9.17, 15) is 4.79 Å². The molecule has 0 saturated carbocycles. The third-order valence-corrected chi connectivity index (χ3v) is 5.44. The standard InChI is InChI=1S/C26H29N3O2/c1-3-9-25(30)27-19(2)26-28-23-12-6-7-13-24(23)29(26)16-8-17-31-22-15-14-20-10-4-5-11-21(20)18-22/h4-7,10-15,18-19H,3,8-9,16-17H2,1-2H3,(H,27,30). The minimum atomic E-state index is -0.146. The van der Waals surface area contributed by atoms with Crippen molar-refractivity contribution in [2.24, 2.45) is 0 Å². The molecule has 1 unspecified atom stereocenters. The number of amides is 1. The van der Waals surface area contributed by atoms with Crippen LogP contribution in [0, 0.1) is 0 Å². The van der Waals surface area contributed by atoms with Crippen molar-refractivity contribution in [3.8, 4) is 5.75 Å². The van der Waals surface area contributed by atoms with Gasteiger partial charge in [-0.05, 0) is 54.8 Å². The number of hydrogen-bond donors (Lipinski definition) is 1. The molecule has 0 aliphatic rings. The molecule has 1 aromatic heterocycles. The van der Waals surface area contributed by atoms with Gasteiger partial charge in [0.2, 0.25) is 5.91 Å². The van der Waals surface area contributed by atoms with Crippen LogP contribution in [0.15, 0.2) is 66.7 Å². The lowest BCUT2D eigenvalue weighted by molar-refractivity contribution is -0.121. The van der Waals surface area contributed by atoms with Gasteiger partial charge in [0.05, 0.1) is 23.7 Å². The zero-order chi connectivity index (χ0) is 21.6. The smallest absolute Gasteiger partial charge is 0.220 e. The summed E-state index contributed by atoms with van der Waals surface area (Å²) in [6.45, 7) is 5.39. The van der Waals surface area contributed by atoms with Crippen LogP contribution < -0.4 is 10.1 Å². The summed E-state index contributed by atoms with van der Waals surface area (Å²) in [6, 6.07) is 22.4. The van der Waals surface area contributed by atoms with Crippen molar-refractivity contribution in [1.29, 1.82) is 0 Å². The number of imidazole rings is 1. The van der Waals surface area contributed by atoms with Crippen molar-refractivity contribution in [1.82, 2.24) is 14.9 Å². The quantitative estimate of drug-likeness (QED) is 0.360. The van der Waals surface area contributed by atoms with Gasteiger partial charge in [-0.15, -0.1) is 0 Å². The molecule has 0 fully saturated rings. The van der Waals surface area contributed by atoms with Gasteiger partial charge in [-0.1, -0.05) is 49.4 Å². The molecule has 1 amide bonds. The average molecular weight is 416 g/mol. The van der Waals surface area contributed by atoms with Gasteiger partial charge in [0, 0.05) is 13.0 Å². The molecule has 31 heavy (non-hydrogen) atoms. The summed E-state index contributed by atoms with van der Waals surface area (Å²) in [4.78, 5) is 16.9. The van der Waals surface area contributed by atoms with E-state index in [0.29, 0.717) is 13.0 Å². The van der Waals surface area contributed by atoms with Crippen molar-refractivity contribution in [3.05, 3.63) is 72.6 Å². The number of ether oxygens (including phenoxy) is 1. The first kappa shape index (κ1) is 20.9. The Kier molecular flexibility index (Phi) is 6.51. The molecule has 1 heterocycles. The van der Waals surface area contributed by atoms with Gasteiger partial charge in [0.1, 0.15) is 11.6 Å². The molecule has 0 aliphatic heterocycles. The fourth-order valence-corrected chi connectivity index (χ4v) is 3.93. The van der Waals surface area contributed by atoms with E-state index >= 15 is 0 Å². The van der Waals surface area contributed by atoms with Gasteiger partial charge >= 0.3 is 0 Å². The lowest BCUT2D eigenvalue weighted by Crippen LogP contribution is -2.28. The minimum absolute atomic E-state index is 0.0632. The molecule has 1 N–H and O–H groups in total. The van der Waals surface area contributed by atoms with Crippen LogP contribution in [0.2, 0.25) is 0 Å². The molecule has 3 aromatic carbocycles. The van der Waals surface area contributed by atoms with Crippen LogP contribution in [0.4, 0.5) is 0 Å². The highest BCUT2D eigenvalue weighted by Crippen LogP contribution is 2.23. The Labute approximate surface area is 183 Å². The van der Waals surface area contributed by atoms with E-state index in [1.165, 1.54) is 10.8 Å². The number of benzene rings is 3. The maximum Gasteiger partial charge on any atom is 0.220 e. The van der Waals surface area contributed by atoms with Crippen LogP contribution in [0.5, 0.6) is 5.75 Å². The fraction of sp³-hybridized carbons (Fsp3) is 0.308. The van der Waals surface area contributed by atoms with E-state index in [1.807, 2.05) is 50.2 Å². The summed E-state index contributed by atoms with van der Waals surface area (Å²) in [6.07, 6.45) is 2.21. The topological polar surface area (TPSA) is 56.2 Å². The van der Waals surface area contributed by atoms with E-state index in [4.69, 9.17) is 9.72 Å². The number of nitrogens with zero attached hydrogens (tertiary/aromatic N) is 2. The molecule has 0 aliphatic carbocycles. The molecule has 4 rings (SSSR count). The summed E-state index contributed by atoms with van der Waals surface area (Å²) >= 11 is 0. The van der Waals surface area contributed by atoms with Crippen molar-refractivity contribution in [2.75, 3.05) is 6.61 Å². The monoisotopic (exact) mass is 415 g/mol. The van der Waals surface area contributed by atoms with E-state index in [2.05, 4.69) is 40.2 Å². The zero-order valence-electron chi connectivity index (χ0n) is 18.2. The SMILES string of the molecule is CCCC(=O)NC(C)c1nc2ccccc2n1CCCOc1ccc2ccccc2c1. The number of hydrogen-bond acceptors (Lipinski definition) is 3. The summed E-state index contributed by atoms with van der Waals surface area (Å²) in [5.41, 5.74) is 2.03. The molecule has 5 nitrogen and oxygen atoms in total. The molecule has 0 bridgehead atoms. The largest absolute Gasteiger partial charge is 0.494 e. The Morgan fingerprint density at radius 3 is 2.68 bits per heavy atom. The normalized spacial score (nSPS) is 12.2. The lowest BCUT2D eigenvalue weighted by Gasteiger charge is -2.16. The Bertz CT molecular complexity index is 1180. The third kappa shape index (κ3) is 4.88. The second-order valence-corrected chi connectivity index (χ2v) is 7.86. The van der Waals surface area contributed by atoms with Crippen molar-refractivity contribution in [3.63, 3.8) is 0 Å². The number of carbonyl (C=O) groups is 1. The Morgan fingerprint density at radius 2 is 1.84 bits per heavy atom. The van der Waals surface area contributed by atoms with Gasteiger partial charge in [-0.25, -0.2) is 4.98 Å². The van der Waals surface area contributed by atoms with Gasteiger partial charge in [0.15, 0.2) is 0 Å². The zero-order valence-corrected chi connectivity index (χ0v) is 18.2. The highest BCUT2D eigenvalue weighted by Gasteiger charge is 2.18. The molecule has 5 heteroatoms. The van der Waals surface area contributed by atoms with Crippen LogP contribution in [-0.4, -0.2) is 22.1 Å². The molecular weight excluding hydrogens is 386 g/mol. The van der Waals surface area contributed by atoms with E-state index in [1.54, 1.807) is 0 Å². The average Bonchev–Trinajstić information content (AvgIpc) is 3.15. The number of carbonyl (C=O) groups excluding carboxylic acids is 1. The summed E-state index contributed by atoms with van der Waals surface area (Å²) < 4.78 is 8.22. The van der Waals surface area contributed by atoms with Crippen LogP contribution in [0.3, 0.4) is 0 Å². The molecule has 4 aromatic rings. The number of fused-ring (bicyclic) bond motifs is 2. The molecule has 0 spiro atoms. The van der Waals surface area contributed by atoms with Crippen molar-refractivity contribution >= 4 is 27.7 Å². The van der Waals surface area contributed by atoms with Gasteiger partial charge in [0.25, 0.3) is 0 Å². The summed E-state index contributed by atoms with van der Waals surface area (Å²) in [7, 11) is 0. The molecule has 0 saturated heterocycles. The highest BCUT2D eigenvalue weighted by atomic mass is 16.5. The number of aryl methyl sites for hydroxylation is 1. The maximum absolute atomic E-state index is 12.1. The van der Waals surface area contributed by atoms with E-state index in [0.717, 1.165) is 42.0 Å². The molecule has 160 valence electrons. The van der Waals surface area contributed by atoms with Crippen molar-refractivity contribution < 1.29 is 9.53 Å². The number of aromatic nitrogens is 2. The molecule has 0 radical (unpaired) electrons. The third-order valence-electron chi connectivity index (χ3n) is 5.44. The van der Waals surface area contributed by atoms with E-state index in [-0.39, 0.29) is 11.9 Å². The van der Waals surface area contributed by atoms with E-state index < -0.39 is 0 Å². The fourth-order valence-electron chi connectivity index (χ4n) is 3.93. The Hall–Kier alpha value is -3.34. The minimum Gasteiger partial charge on any atom is -0.494 e. The second-order valence-electron chi connectivity index (χ2n) is 7.86. The predicted molar refractivity (Wildman–Crippen MR) is 125 cm³/mol. The maximum atomic E-state index is 12.1. The highest BCUT2D eigenvalue weighted by molar-refractivity contribution is 5.83. The summed E-state index contributed by atoms with van der Waals surface area (Å²) in [5, 5.41) is 5.47. The van der Waals surface area contributed by atoms with Crippen LogP contribution in [0.1, 0.15) is 45.0 Å². The first-order valence-corrected chi connectivity index (χ1v) is 11.0. The van der Waals surface area contributed by atoms with Gasteiger partial charge in [-0.3, -0.25) is 4.79 Å². The molecular formula is C26H29N3O2. The Balaban J connectivity index is 1.44. The summed E-state index contributed by atoms with van der Waals surface area (Å²) in [5.74, 6) is 1.83. The van der Waals surface area contributed by atoms with Crippen LogP contribution in [-0.2, 0) is 11.3 Å². The first-order chi connectivity index (χ1) is 15.2. The first-order valence-electron chi connectivity index (χ1n) is 11.0. The number of nitrogens with one attached hydrogen (secondary N) is 1. The van der Waals surface area contributed by atoms with Crippen molar-refractivity contribution in [2.45, 2.75) is 45.7 Å². The molecule has 1 atom stereocenters. The number of para-hydroxylation sites is 2. The predicted octanol–water partition coefficient (Wildman–Crippen LogP) is 5.64. The lowest BCUT2D eigenvalue weighted by atomic mass is 10.1.